The lowest BCUT2D eigenvalue weighted by Gasteiger charge is -2.24. The van der Waals surface area contributed by atoms with E-state index in [9.17, 15) is 13.2 Å². The molecule has 0 unspecified atom stereocenters. The lowest BCUT2D eigenvalue weighted by molar-refractivity contribution is -0.125. The van der Waals surface area contributed by atoms with Crippen molar-refractivity contribution < 1.29 is 13.2 Å². The minimum absolute atomic E-state index is 0.0172. The number of carbonyl (C=O) groups is 1. The van der Waals surface area contributed by atoms with Gasteiger partial charge in [-0.3, -0.25) is 9.10 Å². The van der Waals surface area contributed by atoms with Gasteiger partial charge in [-0.25, -0.2) is 8.42 Å². The van der Waals surface area contributed by atoms with Crippen LogP contribution in [0.4, 0.5) is 11.4 Å². The van der Waals surface area contributed by atoms with Gasteiger partial charge in [0.15, 0.2) is 0 Å². The maximum absolute atomic E-state index is 12.1. The van der Waals surface area contributed by atoms with Gasteiger partial charge in [-0.05, 0) is 37.1 Å². The van der Waals surface area contributed by atoms with E-state index in [1.54, 1.807) is 12.1 Å². The van der Waals surface area contributed by atoms with Crippen molar-refractivity contribution >= 4 is 27.3 Å². The third kappa shape index (κ3) is 5.70. The summed E-state index contributed by atoms with van der Waals surface area (Å²) in [5, 5.41) is 2.83. The number of nitrogens with one attached hydrogen (secondary N) is 1. The van der Waals surface area contributed by atoms with Gasteiger partial charge < -0.3 is 10.2 Å². The number of benzene rings is 1. The van der Waals surface area contributed by atoms with E-state index in [2.05, 4.69) is 5.32 Å². The Hall–Kier alpha value is -1.76. The second-order valence-corrected chi connectivity index (χ2v) is 7.96. The van der Waals surface area contributed by atoms with E-state index in [0.717, 1.165) is 18.5 Å². The predicted octanol–water partition coefficient (Wildman–Crippen LogP) is 2.07. The van der Waals surface area contributed by atoms with E-state index < -0.39 is 10.0 Å². The first-order valence-electron chi connectivity index (χ1n) is 8.23. The molecule has 0 aliphatic rings. The van der Waals surface area contributed by atoms with Gasteiger partial charge in [-0.1, -0.05) is 13.8 Å². The zero-order valence-corrected chi connectivity index (χ0v) is 16.1. The zero-order valence-electron chi connectivity index (χ0n) is 15.2. The molecular formula is C17H29N3O3S. The molecule has 0 saturated carbocycles. The molecule has 1 aromatic carbocycles. The average molecular weight is 356 g/mol. The molecule has 0 atom stereocenters. The number of rotatable bonds is 9. The maximum Gasteiger partial charge on any atom is 0.232 e. The van der Waals surface area contributed by atoms with Crippen molar-refractivity contribution in [1.29, 1.82) is 0 Å². The van der Waals surface area contributed by atoms with Crippen LogP contribution in [0, 0.1) is 5.92 Å². The fourth-order valence-electron chi connectivity index (χ4n) is 2.49. The van der Waals surface area contributed by atoms with Gasteiger partial charge in [0.05, 0.1) is 18.5 Å². The van der Waals surface area contributed by atoms with Crippen LogP contribution in [-0.2, 0) is 14.8 Å². The highest BCUT2D eigenvalue weighted by molar-refractivity contribution is 7.92. The molecule has 0 bridgehead atoms. The molecule has 0 aliphatic carbocycles. The van der Waals surface area contributed by atoms with E-state index in [-0.39, 0.29) is 24.9 Å². The summed E-state index contributed by atoms with van der Waals surface area (Å²) in [6, 6.07) is 7.30. The predicted molar refractivity (Wildman–Crippen MR) is 100 cm³/mol. The number of hydrogen-bond acceptors (Lipinski definition) is 4. The van der Waals surface area contributed by atoms with Gasteiger partial charge in [0.1, 0.15) is 0 Å². The van der Waals surface area contributed by atoms with Crippen LogP contribution in [0.15, 0.2) is 24.3 Å². The summed E-state index contributed by atoms with van der Waals surface area (Å²) in [5.74, 6) is -0.0348. The molecule has 1 aromatic rings. The Balaban J connectivity index is 2.79. The largest absolute Gasteiger partial charge is 0.378 e. The molecule has 1 N–H and O–H groups in total. The van der Waals surface area contributed by atoms with E-state index in [1.165, 1.54) is 10.6 Å². The highest BCUT2D eigenvalue weighted by Gasteiger charge is 2.19. The first-order chi connectivity index (χ1) is 11.2. The lowest BCUT2D eigenvalue weighted by atomic mass is 10.0. The lowest BCUT2D eigenvalue weighted by Crippen LogP contribution is -2.39. The van der Waals surface area contributed by atoms with Gasteiger partial charge in [-0.15, -0.1) is 0 Å². The van der Waals surface area contributed by atoms with Crippen LogP contribution in [0.2, 0.25) is 0 Å². The molecule has 0 fully saturated rings. The standard InChI is InChI=1S/C17H29N3O3S/c1-6-14(7-2)17(21)18-12-13-20(24(5,22)23)16-10-8-15(9-11-16)19(3)4/h8-11,14H,6-7,12-13H2,1-5H3,(H,18,21). The van der Waals surface area contributed by atoms with Gasteiger partial charge in [0.25, 0.3) is 0 Å². The molecule has 0 radical (unpaired) electrons. The Morgan fingerprint density at radius 3 is 2.00 bits per heavy atom. The Kier molecular flexibility index (Phi) is 7.54. The summed E-state index contributed by atoms with van der Waals surface area (Å²) in [4.78, 5) is 14.0. The van der Waals surface area contributed by atoms with Crippen LogP contribution in [0.5, 0.6) is 0 Å². The van der Waals surface area contributed by atoms with Crippen LogP contribution in [0.1, 0.15) is 26.7 Å². The molecule has 0 aromatic heterocycles. The summed E-state index contributed by atoms with van der Waals surface area (Å²) < 4.78 is 25.5. The van der Waals surface area contributed by atoms with Crippen molar-refractivity contribution in [2.75, 3.05) is 42.6 Å². The average Bonchev–Trinajstić information content (AvgIpc) is 2.51. The molecule has 1 rings (SSSR count). The quantitative estimate of drug-likeness (QED) is 0.736. The number of sulfonamides is 1. The van der Waals surface area contributed by atoms with Gasteiger partial charge >= 0.3 is 0 Å². The Bertz CT molecular complexity index is 623. The molecule has 0 spiro atoms. The van der Waals surface area contributed by atoms with Crippen molar-refractivity contribution in [1.82, 2.24) is 5.32 Å². The van der Waals surface area contributed by atoms with E-state index in [0.29, 0.717) is 5.69 Å². The molecule has 136 valence electrons. The first kappa shape index (κ1) is 20.3. The van der Waals surface area contributed by atoms with E-state index in [1.807, 2.05) is 45.0 Å². The zero-order chi connectivity index (χ0) is 18.3. The number of amides is 1. The SMILES string of the molecule is CCC(CC)C(=O)NCCN(c1ccc(N(C)C)cc1)S(C)(=O)=O. The third-order valence-electron chi connectivity index (χ3n) is 4.02. The molecule has 0 saturated heterocycles. The van der Waals surface area contributed by atoms with Gasteiger partial charge in [0, 0.05) is 32.2 Å². The molecule has 7 heteroatoms. The van der Waals surface area contributed by atoms with Crippen LogP contribution >= 0.6 is 0 Å². The molecule has 0 aliphatic heterocycles. The van der Waals surface area contributed by atoms with Gasteiger partial charge in [0.2, 0.25) is 15.9 Å². The van der Waals surface area contributed by atoms with Crippen molar-refractivity contribution in [2.24, 2.45) is 5.92 Å². The summed E-state index contributed by atoms with van der Waals surface area (Å²) in [6.45, 7) is 4.45. The van der Waals surface area contributed by atoms with Crippen LogP contribution in [0.25, 0.3) is 0 Å². The normalized spacial score (nSPS) is 11.4. The van der Waals surface area contributed by atoms with E-state index >= 15 is 0 Å². The second kappa shape index (κ2) is 8.92. The number of carbonyl (C=O) groups excluding carboxylic acids is 1. The Labute approximate surface area is 145 Å². The molecule has 0 heterocycles. The summed E-state index contributed by atoms with van der Waals surface area (Å²) in [6.07, 6.45) is 2.74. The van der Waals surface area contributed by atoms with Crippen molar-refractivity contribution in [3.8, 4) is 0 Å². The second-order valence-electron chi connectivity index (χ2n) is 6.05. The molecule has 1 amide bonds. The topological polar surface area (TPSA) is 69.7 Å². The fraction of sp³-hybridized carbons (Fsp3) is 0.588. The molecule has 6 nitrogen and oxygen atoms in total. The summed E-state index contributed by atoms with van der Waals surface area (Å²) in [5.41, 5.74) is 1.59. The van der Waals surface area contributed by atoms with Crippen molar-refractivity contribution in [3.05, 3.63) is 24.3 Å². The highest BCUT2D eigenvalue weighted by atomic mass is 32.2. The fourth-order valence-corrected chi connectivity index (χ4v) is 3.42. The monoisotopic (exact) mass is 355 g/mol. The smallest absolute Gasteiger partial charge is 0.232 e. The number of hydrogen-bond donors (Lipinski definition) is 1. The minimum atomic E-state index is -3.41. The van der Waals surface area contributed by atoms with Crippen LogP contribution in [-0.4, -0.2) is 47.8 Å². The molecule has 24 heavy (non-hydrogen) atoms. The minimum Gasteiger partial charge on any atom is -0.378 e. The first-order valence-corrected chi connectivity index (χ1v) is 10.1. The van der Waals surface area contributed by atoms with E-state index in [4.69, 9.17) is 0 Å². The van der Waals surface area contributed by atoms with Crippen LogP contribution < -0.4 is 14.5 Å². The van der Waals surface area contributed by atoms with Gasteiger partial charge in [-0.2, -0.15) is 0 Å². The number of nitrogens with zero attached hydrogens (tertiary/aromatic N) is 2. The summed E-state index contributed by atoms with van der Waals surface area (Å²) in [7, 11) is 0.443. The van der Waals surface area contributed by atoms with Crippen molar-refractivity contribution in [2.45, 2.75) is 26.7 Å². The maximum atomic E-state index is 12.1. The molecular weight excluding hydrogens is 326 g/mol. The Morgan fingerprint density at radius 2 is 1.58 bits per heavy atom. The third-order valence-corrected chi connectivity index (χ3v) is 5.22. The highest BCUT2D eigenvalue weighted by Crippen LogP contribution is 2.21. The number of anilines is 2. The van der Waals surface area contributed by atoms with Crippen molar-refractivity contribution in [3.63, 3.8) is 0 Å². The van der Waals surface area contributed by atoms with Crippen LogP contribution in [0.3, 0.4) is 0 Å². The Morgan fingerprint density at radius 1 is 1.08 bits per heavy atom. The summed E-state index contributed by atoms with van der Waals surface area (Å²) >= 11 is 0.